The van der Waals surface area contributed by atoms with Gasteiger partial charge < -0.3 is 14.5 Å². The molecule has 8 rings (SSSR count). The van der Waals surface area contributed by atoms with Gasteiger partial charge in [0.1, 0.15) is 23.5 Å². The van der Waals surface area contributed by atoms with Crippen molar-refractivity contribution < 1.29 is 4.74 Å². The largest absolute Gasteiger partial charge is 0.457 e. The molecule has 0 amide bonds. The fraction of sp³-hybridized carbons (Fsp3) is 0.146. The predicted octanol–water partition coefficient (Wildman–Crippen LogP) is 10.1. The smallest absolute Gasteiger partial charge is 0.137 e. The average Bonchev–Trinajstić information content (AvgIpc) is 3.61. The molecular weight excluding hydrogens is 564 g/mol. The van der Waals surface area contributed by atoms with Gasteiger partial charge in [0.15, 0.2) is 0 Å². The Morgan fingerprint density at radius 3 is 2.37 bits per heavy atom. The quantitative estimate of drug-likeness (QED) is 0.197. The molecule has 226 valence electrons. The Morgan fingerprint density at radius 1 is 0.717 bits per heavy atom. The van der Waals surface area contributed by atoms with Crippen molar-refractivity contribution in [3.05, 3.63) is 157 Å². The maximum Gasteiger partial charge on any atom is 0.137 e. The minimum Gasteiger partial charge on any atom is -0.457 e. The van der Waals surface area contributed by atoms with Gasteiger partial charge in [-0.05, 0) is 84.7 Å². The van der Waals surface area contributed by atoms with Gasteiger partial charge >= 0.3 is 0 Å². The first kappa shape index (κ1) is 28.0. The second-order valence-corrected chi connectivity index (χ2v) is 13.1. The highest BCUT2D eigenvalue weighted by Gasteiger charge is 2.32. The molecule has 4 aromatic carbocycles. The molecule has 0 radical (unpaired) electrons. The van der Waals surface area contributed by atoms with E-state index in [1.165, 1.54) is 21.9 Å². The first-order valence-electron chi connectivity index (χ1n) is 15.8. The normalized spacial score (nSPS) is 15.9. The van der Waals surface area contributed by atoms with E-state index in [0.29, 0.717) is 0 Å². The molecule has 2 aromatic heterocycles. The molecule has 0 fully saturated rings. The van der Waals surface area contributed by atoms with Crippen LogP contribution in [-0.4, -0.2) is 20.6 Å². The molecule has 1 unspecified atom stereocenters. The van der Waals surface area contributed by atoms with Gasteiger partial charge in [0.25, 0.3) is 0 Å². The van der Waals surface area contributed by atoms with Crippen LogP contribution < -0.4 is 9.64 Å². The lowest BCUT2D eigenvalue weighted by atomic mass is 9.88. The number of aryl methyl sites for hydroxylation is 1. The highest BCUT2D eigenvalue weighted by atomic mass is 16.5. The number of fused-ring (bicyclic) bond motifs is 4. The summed E-state index contributed by atoms with van der Waals surface area (Å²) in [4.78, 5) is 9.45. The molecule has 6 aromatic rings. The summed E-state index contributed by atoms with van der Waals surface area (Å²) < 4.78 is 8.84. The Bertz CT molecular complexity index is 2200. The lowest BCUT2D eigenvalue weighted by Crippen LogP contribution is -2.36. The third kappa shape index (κ3) is 4.85. The molecular formula is C41H36N4O. The fourth-order valence-corrected chi connectivity index (χ4v) is 6.50. The molecule has 5 nitrogen and oxygen atoms in total. The summed E-state index contributed by atoms with van der Waals surface area (Å²) in [6, 6.07) is 36.3. The molecule has 0 N–H and O–H groups in total. The Morgan fingerprint density at radius 2 is 1.52 bits per heavy atom. The molecule has 0 saturated heterocycles. The monoisotopic (exact) mass is 600 g/mol. The minimum absolute atomic E-state index is 0.0158. The van der Waals surface area contributed by atoms with Crippen molar-refractivity contribution in [3.63, 3.8) is 0 Å². The molecule has 0 aliphatic carbocycles. The third-order valence-electron chi connectivity index (χ3n) is 8.93. The van der Waals surface area contributed by atoms with E-state index >= 15 is 0 Å². The van der Waals surface area contributed by atoms with Gasteiger partial charge in [-0.25, -0.2) is 4.98 Å². The molecule has 0 spiro atoms. The molecule has 0 bridgehead atoms. The number of hydrogen-bond donors (Lipinski definition) is 0. The van der Waals surface area contributed by atoms with Crippen molar-refractivity contribution in [2.75, 3.05) is 4.90 Å². The van der Waals surface area contributed by atoms with Crippen molar-refractivity contribution in [1.29, 1.82) is 0 Å². The maximum absolute atomic E-state index is 6.59. The van der Waals surface area contributed by atoms with Gasteiger partial charge in [0.05, 0.1) is 16.7 Å². The zero-order valence-electron chi connectivity index (χ0n) is 26.6. The summed E-state index contributed by atoms with van der Waals surface area (Å²) in [5.41, 5.74) is 8.08. The number of rotatable bonds is 5. The Hall–Kier alpha value is -5.55. The van der Waals surface area contributed by atoms with E-state index in [0.717, 1.165) is 45.3 Å². The van der Waals surface area contributed by atoms with Crippen molar-refractivity contribution in [1.82, 2.24) is 14.5 Å². The summed E-state index contributed by atoms with van der Waals surface area (Å²) in [6.45, 7) is 8.82. The van der Waals surface area contributed by atoms with Crippen LogP contribution >= 0.6 is 0 Å². The van der Waals surface area contributed by atoms with Gasteiger partial charge in [0, 0.05) is 46.7 Å². The van der Waals surface area contributed by atoms with Crippen LogP contribution in [0.5, 0.6) is 11.5 Å². The van der Waals surface area contributed by atoms with E-state index in [9.17, 15) is 0 Å². The molecule has 0 saturated carbocycles. The molecule has 2 aliphatic heterocycles. The van der Waals surface area contributed by atoms with E-state index in [2.05, 4.69) is 170 Å². The second kappa shape index (κ2) is 10.8. The SMILES string of the molecule is Cc1ccc(N2C=C(c3cccc(Oc4ccc5c6ccccc6n(-c6cc(C(C)(C)C)ccn6)c5c4)c3)N3C=CC=CC32)cc1. The number of benzene rings is 4. The zero-order valence-corrected chi connectivity index (χ0v) is 26.6. The molecule has 46 heavy (non-hydrogen) atoms. The minimum atomic E-state index is 0.0158. The summed E-state index contributed by atoms with van der Waals surface area (Å²) in [5, 5.41) is 2.36. The fourth-order valence-electron chi connectivity index (χ4n) is 6.50. The van der Waals surface area contributed by atoms with Crippen LogP contribution in [0.2, 0.25) is 0 Å². The number of para-hydroxylation sites is 1. The van der Waals surface area contributed by atoms with Crippen LogP contribution in [0.25, 0.3) is 33.3 Å². The van der Waals surface area contributed by atoms with Crippen LogP contribution in [0.3, 0.4) is 0 Å². The van der Waals surface area contributed by atoms with Gasteiger partial charge in [-0.2, -0.15) is 0 Å². The Kier molecular flexibility index (Phi) is 6.57. The highest BCUT2D eigenvalue weighted by molar-refractivity contribution is 6.09. The van der Waals surface area contributed by atoms with Gasteiger partial charge in [0.2, 0.25) is 0 Å². The van der Waals surface area contributed by atoms with Crippen LogP contribution in [-0.2, 0) is 5.41 Å². The van der Waals surface area contributed by atoms with Crippen LogP contribution in [0, 0.1) is 6.92 Å². The van der Waals surface area contributed by atoms with E-state index in [1.807, 2.05) is 12.3 Å². The van der Waals surface area contributed by atoms with E-state index in [4.69, 9.17) is 9.72 Å². The van der Waals surface area contributed by atoms with Gasteiger partial charge in [-0.15, -0.1) is 0 Å². The predicted molar refractivity (Wildman–Crippen MR) is 189 cm³/mol. The number of aromatic nitrogens is 2. The highest BCUT2D eigenvalue weighted by Crippen LogP contribution is 2.39. The first-order chi connectivity index (χ1) is 22.3. The Labute approximate surface area is 270 Å². The molecule has 1 atom stereocenters. The maximum atomic E-state index is 6.59. The molecule has 4 heterocycles. The number of hydrogen-bond acceptors (Lipinski definition) is 4. The van der Waals surface area contributed by atoms with Crippen molar-refractivity contribution in [2.24, 2.45) is 0 Å². The number of pyridine rings is 1. The van der Waals surface area contributed by atoms with Crippen molar-refractivity contribution in [3.8, 4) is 17.3 Å². The van der Waals surface area contributed by atoms with Crippen LogP contribution in [0.1, 0.15) is 37.5 Å². The van der Waals surface area contributed by atoms with Crippen LogP contribution in [0.4, 0.5) is 5.69 Å². The van der Waals surface area contributed by atoms with E-state index in [1.54, 1.807) is 0 Å². The molecule has 2 aliphatic rings. The first-order valence-corrected chi connectivity index (χ1v) is 15.8. The van der Waals surface area contributed by atoms with E-state index < -0.39 is 0 Å². The van der Waals surface area contributed by atoms with Crippen molar-refractivity contribution in [2.45, 2.75) is 39.3 Å². The lowest BCUT2D eigenvalue weighted by molar-refractivity contribution is 0.470. The van der Waals surface area contributed by atoms with Gasteiger partial charge in [-0.3, -0.25) is 4.57 Å². The second-order valence-electron chi connectivity index (χ2n) is 13.1. The molecule has 5 heteroatoms. The summed E-state index contributed by atoms with van der Waals surface area (Å²) in [7, 11) is 0. The van der Waals surface area contributed by atoms with Crippen molar-refractivity contribution >= 4 is 33.2 Å². The standard InChI is InChI=1S/C41H36N4O/c1-28-15-17-31(18-16-28)44-27-38(43-23-8-7-14-40(43)44)29-10-9-11-32(24-29)46-33-19-20-35-34-12-5-6-13-36(34)45(37(35)26-33)39-25-30(21-22-42-39)41(2,3)4/h5-27,40H,1-4H3. The summed E-state index contributed by atoms with van der Waals surface area (Å²) in [6.07, 6.45) is 12.8. The third-order valence-corrected chi connectivity index (χ3v) is 8.93. The van der Waals surface area contributed by atoms with E-state index in [-0.39, 0.29) is 11.6 Å². The zero-order chi connectivity index (χ0) is 31.4. The topological polar surface area (TPSA) is 33.5 Å². The summed E-state index contributed by atoms with van der Waals surface area (Å²) in [5.74, 6) is 2.47. The number of anilines is 1. The number of ether oxygens (including phenoxy) is 1. The summed E-state index contributed by atoms with van der Waals surface area (Å²) >= 11 is 0. The number of nitrogens with zero attached hydrogens (tertiary/aromatic N) is 4. The average molecular weight is 601 g/mol. The Balaban J connectivity index is 1.17. The van der Waals surface area contributed by atoms with Crippen LogP contribution in [0.15, 0.2) is 140 Å². The number of allylic oxidation sites excluding steroid dienone is 2. The lowest BCUT2D eigenvalue weighted by Gasteiger charge is -2.31. The van der Waals surface area contributed by atoms with Gasteiger partial charge in [-0.1, -0.05) is 74.9 Å².